The second kappa shape index (κ2) is 5.75. The number of allylic oxidation sites excluding steroid dienone is 2. The van der Waals surface area contributed by atoms with Crippen molar-refractivity contribution in [3.8, 4) is 0 Å². The number of rotatable bonds is 2. The Labute approximate surface area is 107 Å². The summed E-state index contributed by atoms with van der Waals surface area (Å²) in [7, 11) is 0. The molecule has 86 valence electrons. The van der Waals surface area contributed by atoms with Crippen molar-refractivity contribution in [3.63, 3.8) is 0 Å². The smallest absolute Gasteiger partial charge is 0.0518 e. The molecule has 1 aromatic carbocycles. The van der Waals surface area contributed by atoms with Gasteiger partial charge >= 0.3 is 0 Å². The molecule has 0 aliphatic heterocycles. The van der Waals surface area contributed by atoms with Gasteiger partial charge in [0, 0.05) is 5.02 Å². The molecule has 0 N–H and O–H groups in total. The average molecular weight is 255 g/mol. The van der Waals surface area contributed by atoms with Crippen LogP contribution in [0.15, 0.2) is 35.9 Å². The molecule has 0 saturated carbocycles. The first kappa shape index (κ1) is 12.0. The molecule has 0 amide bonds. The van der Waals surface area contributed by atoms with Crippen molar-refractivity contribution in [2.45, 2.75) is 37.5 Å². The number of benzene rings is 1. The summed E-state index contributed by atoms with van der Waals surface area (Å²) in [6.07, 6.45) is 8.01. The highest BCUT2D eigenvalue weighted by atomic mass is 35.5. The summed E-state index contributed by atoms with van der Waals surface area (Å²) in [6.45, 7) is 0. The molecule has 2 heteroatoms. The Morgan fingerprint density at radius 2 is 2.12 bits per heavy atom. The Morgan fingerprint density at radius 1 is 1.25 bits per heavy atom. The standard InChI is InChI=1S/C14H16Cl2/c15-13-6-2-1-4-11(9-13)8-12-5-3-7-14(16)10-12/h3,5,7,9-10,13H,1-2,4,6,8H2. The van der Waals surface area contributed by atoms with Gasteiger partial charge in [0.15, 0.2) is 0 Å². The maximum atomic E-state index is 6.21. The number of hydrogen-bond donors (Lipinski definition) is 0. The molecule has 1 aliphatic carbocycles. The van der Waals surface area contributed by atoms with Crippen LogP contribution in [0.2, 0.25) is 5.02 Å². The predicted octanol–water partition coefficient (Wildman–Crippen LogP) is 4.99. The molecule has 0 fully saturated rings. The van der Waals surface area contributed by atoms with E-state index in [0.717, 1.165) is 17.9 Å². The van der Waals surface area contributed by atoms with Gasteiger partial charge in [-0.1, -0.05) is 41.8 Å². The summed E-state index contributed by atoms with van der Waals surface area (Å²) < 4.78 is 0. The van der Waals surface area contributed by atoms with Crippen LogP contribution in [0.4, 0.5) is 0 Å². The van der Waals surface area contributed by atoms with E-state index in [0.29, 0.717) is 0 Å². The second-order valence-corrected chi connectivity index (χ2v) is 5.39. The fourth-order valence-electron chi connectivity index (χ4n) is 2.17. The van der Waals surface area contributed by atoms with E-state index in [9.17, 15) is 0 Å². The van der Waals surface area contributed by atoms with E-state index >= 15 is 0 Å². The zero-order valence-corrected chi connectivity index (χ0v) is 10.8. The molecule has 1 atom stereocenters. The van der Waals surface area contributed by atoms with Gasteiger partial charge < -0.3 is 0 Å². The van der Waals surface area contributed by atoms with Gasteiger partial charge in [-0.2, -0.15) is 0 Å². The predicted molar refractivity (Wildman–Crippen MR) is 71.3 cm³/mol. The lowest BCUT2D eigenvalue weighted by atomic mass is 10.0. The second-order valence-electron chi connectivity index (χ2n) is 4.39. The maximum absolute atomic E-state index is 6.21. The molecule has 0 saturated heterocycles. The maximum Gasteiger partial charge on any atom is 0.0518 e. The fraction of sp³-hybridized carbons (Fsp3) is 0.429. The first-order valence-corrected chi connectivity index (χ1v) is 6.63. The van der Waals surface area contributed by atoms with Crippen molar-refractivity contribution in [2.75, 3.05) is 0 Å². The van der Waals surface area contributed by atoms with Crippen molar-refractivity contribution in [3.05, 3.63) is 46.5 Å². The largest absolute Gasteiger partial charge is 0.118 e. The highest BCUT2D eigenvalue weighted by molar-refractivity contribution is 6.30. The summed E-state index contributed by atoms with van der Waals surface area (Å²) in [6, 6.07) is 8.08. The van der Waals surface area contributed by atoms with E-state index in [1.165, 1.54) is 30.4 Å². The highest BCUT2D eigenvalue weighted by Gasteiger charge is 2.09. The molecule has 0 radical (unpaired) electrons. The van der Waals surface area contributed by atoms with Gasteiger partial charge in [-0.05, 0) is 43.4 Å². The molecule has 2 rings (SSSR count). The van der Waals surface area contributed by atoms with E-state index in [2.05, 4.69) is 12.1 Å². The van der Waals surface area contributed by atoms with Crippen LogP contribution < -0.4 is 0 Å². The van der Waals surface area contributed by atoms with Crippen molar-refractivity contribution in [2.24, 2.45) is 0 Å². The Morgan fingerprint density at radius 3 is 2.94 bits per heavy atom. The quantitative estimate of drug-likeness (QED) is 0.515. The van der Waals surface area contributed by atoms with E-state index < -0.39 is 0 Å². The van der Waals surface area contributed by atoms with Crippen LogP contribution in [0, 0.1) is 0 Å². The number of hydrogen-bond acceptors (Lipinski definition) is 0. The van der Waals surface area contributed by atoms with E-state index in [-0.39, 0.29) is 5.38 Å². The lowest BCUT2D eigenvalue weighted by molar-refractivity contribution is 0.710. The highest BCUT2D eigenvalue weighted by Crippen LogP contribution is 2.24. The molecular weight excluding hydrogens is 239 g/mol. The fourth-order valence-corrected chi connectivity index (χ4v) is 2.72. The summed E-state index contributed by atoms with van der Waals surface area (Å²) in [5.41, 5.74) is 2.74. The molecule has 0 nitrogen and oxygen atoms in total. The average Bonchev–Trinajstić information content (AvgIpc) is 2.43. The van der Waals surface area contributed by atoms with Crippen molar-refractivity contribution in [1.82, 2.24) is 0 Å². The lowest BCUT2D eigenvalue weighted by Gasteiger charge is -2.06. The van der Waals surface area contributed by atoms with Crippen LogP contribution >= 0.6 is 23.2 Å². The molecule has 1 aromatic rings. The van der Waals surface area contributed by atoms with Crippen LogP contribution in [0.3, 0.4) is 0 Å². The Hall–Kier alpha value is -0.460. The normalized spacial score (nSPS) is 21.4. The number of halogens is 2. The molecule has 0 heterocycles. The summed E-state index contributed by atoms with van der Waals surface area (Å²) in [5, 5.41) is 1.03. The zero-order valence-electron chi connectivity index (χ0n) is 9.26. The molecule has 0 spiro atoms. The van der Waals surface area contributed by atoms with Gasteiger partial charge in [0.25, 0.3) is 0 Å². The lowest BCUT2D eigenvalue weighted by Crippen LogP contribution is -1.94. The first-order valence-electron chi connectivity index (χ1n) is 5.82. The Balaban J connectivity index is 2.08. The summed E-state index contributed by atoms with van der Waals surface area (Å²) in [4.78, 5) is 0. The summed E-state index contributed by atoms with van der Waals surface area (Å²) >= 11 is 12.2. The molecule has 1 unspecified atom stereocenters. The van der Waals surface area contributed by atoms with Gasteiger partial charge in [-0.25, -0.2) is 0 Å². The Bertz CT molecular complexity index is 382. The zero-order chi connectivity index (χ0) is 11.4. The van der Waals surface area contributed by atoms with Crippen molar-refractivity contribution < 1.29 is 0 Å². The Kier molecular flexibility index (Phi) is 4.31. The van der Waals surface area contributed by atoms with Gasteiger partial charge in [0.1, 0.15) is 0 Å². The molecule has 16 heavy (non-hydrogen) atoms. The van der Waals surface area contributed by atoms with Crippen LogP contribution in [0.25, 0.3) is 0 Å². The minimum atomic E-state index is 0.219. The third-order valence-electron chi connectivity index (χ3n) is 2.96. The van der Waals surface area contributed by atoms with Crippen molar-refractivity contribution >= 4 is 23.2 Å². The summed E-state index contributed by atoms with van der Waals surface area (Å²) in [5.74, 6) is 0. The SMILES string of the molecule is Clc1cccc(CC2=CC(Cl)CCCC2)c1. The van der Waals surface area contributed by atoms with Gasteiger partial charge in [-0.15, -0.1) is 11.6 Å². The van der Waals surface area contributed by atoms with E-state index in [4.69, 9.17) is 23.2 Å². The monoisotopic (exact) mass is 254 g/mol. The van der Waals surface area contributed by atoms with Crippen LogP contribution in [-0.4, -0.2) is 5.38 Å². The molecular formula is C14H16Cl2. The number of alkyl halides is 1. The molecule has 0 aromatic heterocycles. The van der Waals surface area contributed by atoms with Crippen LogP contribution in [0.1, 0.15) is 31.2 Å². The third kappa shape index (κ3) is 3.54. The van der Waals surface area contributed by atoms with E-state index in [1.54, 1.807) is 0 Å². The van der Waals surface area contributed by atoms with Gasteiger partial charge in [-0.3, -0.25) is 0 Å². The minimum absolute atomic E-state index is 0.219. The van der Waals surface area contributed by atoms with Gasteiger partial charge in [0.2, 0.25) is 0 Å². The van der Waals surface area contributed by atoms with Gasteiger partial charge in [0.05, 0.1) is 5.38 Å². The third-order valence-corrected chi connectivity index (χ3v) is 3.54. The van der Waals surface area contributed by atoms with Crippen LogP contribution in [-0.2, 0) is 6.42 Å². The minimum Gasteiger partial charge on any atom is -0.118 e. The van der Waals surface area contributed by atoms with E-state index in [1.807, 2.05) is 18.2 Å². The van der Waals surface area contributed by atoms with Crippen LogP contribution in [0.5, 0.6) is 0 Å². The van der Waals surface area contributed by atoms with Crippen molar-refractivity contribution in [1.29, 1.82) is 0 Å². The topological polar surface area (TPSA) is 0 Å². The molecule has 1 aliphatic rings. The first-order chi connectivity index (χ1) is 7.74. The molecule has 0 bridgehead atoms.